The molecule has 0 aromatic heterocycles. The Hall–Kier alpha value is -1.06. The maximum absolute atomic E-state index is 12.2. The van der Waals surface area contributed by atoms with Gasteiger partial charge in [0.2, 0.25) is 5.91 Å². The second-order valence-electron chi connectivity index (χ2n) is 6.63. The molecule has 0 spiro atoms. The van der Waals surface area contributed by atoms with Gasteiger partial charge in [0.25, 0.3) is 0 Å². The van der Waals surface area contributed by atoms with Gasteiger partial charge in [0.1, 0.15) is 0 Å². The van der Waals surface area contributed by atoms with Crippen LogP contribution in [0.1, 0.15) is 59.3 Å². The molecule has 2 rings (SSSR count). The van der Waals surface area contributed by atoms with Gasteiger partial charge in [-0.3, -0.25) is 9.69 Å². The van der Waals surface area contributed by atoms with Crippen LogP contribution in [0.5, 0.6) is 0 Å². The zero-order valence-electron chi connectivity index (χ0n) is 11.7. The van der Waals surface area contributed by atoms with E-state index in [1.54, 1.807) is 0 Å². The van der Waals surface area contributed by atoms with E-state index in [2.05, 4.69) is 26.1 Å². The molecule has 0 radical (unpaired) electrons. The van der Waals surface area contributed by atoms with Gasteiger partial charge in [-0.1, -0.05) is 40.0 Å². The standard InChI is InChI=1S/C14H24N2O2/c1-14(2,3)11-9-12(17)16(13(18)15-11)10-7-5-4-6-8-10/h10-11H,4-9H2,1-3H3,(H,15,18). The molecule has 1 unspecified atom stereocenters. The smallest absolute Gasteiger partial charge is 0.324 e. The third kappa shape index (κ3) is 2.68. The van der Waals surface area contributed by atoms with Gasteiger partial charge in [-0.25, -0.2) is 4.79 Å². The summed E-state index contributed by atoms with van der Waals surface area (Å²) in [7, 11) is 0. The lowest BCUT2D eigenvalue weighted by Crippen LogP contribution is -2.61. The maximum atomic E-state index is 12.2. The van der Waals surface area contributed by atoms with Gasteiger partial charge in [-0.05, 0) is 18.3 Å². The predicted octanol–water partition coefficient (Wildman–Crippen LogP) is 2.68. The van der Waals surface area contributed by atoms with Crippen LogP contribution in [0.3, 0.4) is 0 Å². The molecule has 1 heterocycles. The number of nitrogens with zero attached hydrogens (tertiary/aromatic N) is 1. The van der Waals surface area contributed by atoms with Crippen LogP contribution in [0.2, 0.25) is 0 Å². The molecule has 0 aromatic rings. The molecule has 2 aliphatic rings. The third-order valence-electron chi connectivity index (χ3n) is 4.15. The van der Waals surface area contributed by atoms with E-state index in [0.29, 0.717) is 6.42 Å². The van der Waals surface area contributed by atoms with Crippen molar-refractivity contribution < 1.29 is 9.59 Å². The number of rotatable bonds is 1. The van der Waals surface area contributed by atoms with Crippen molar-refractivity contribution in [2.75, 3.05) is 0 Å². The van der Waals surface area contributed by atoms with E-state index >= 15 is 0 Å². The average molecular weight is 252 g/mol. The van der Waals surface area contributed by atoms with Gasteiger partial charge in [-0.2, -0.15) is 0 Å². The Morgan fingerprint density at radius 2 is 1.72 bits per heavy atom. The van der Waals surface area contributed by atoms with Crippen molar-refractivity contribution in [2.24, 2.45) is 5.41 Å². The summed E-state index contributed by atoms with van der Waals surface area (Å²) in [5.74, 6) is 0.00516. The molecule has 0 bridgehead atoms. The van der Waals surface area contributed by atoms with E-state index in [1.807, 2.05) is 0 Å². The molecular weight excluding hydrogens is 228 g/mol. The number of hydrogen-bond donors (Lipinski definition) is 1. The van der Waals surface area contributed by atoms with E-state index in [-0.39, 0.29) is 29.4 Å². The number of hydrogen-bond acceptors (Lipinski definition) is 2. The molecule has 1 aliphatic carbocycles. The van der Waals surface area contributed by atoms with E-state index in [1.165, 1.54) is 11.3 Å². The minimum Gasteiger partial charge on any atom is -0.334 e. The van der Waals surface area contributed by atoms with E-state index in [9.17, 15) is 9.59 Å². The zero-order chi connectivity index (χ0) is 13.3. The molecule has 1 saturated heterocycles. The highest BCUT2D eigenvalue weighted by Crippen LogP contribution is 2.29. The van der Waals surface area contributed by atoms with Gasteiger partial charge in [0, 0.05) is 18.5 Å². The summed E-state index contributed by atoms with van der Waals surface area (Å²) in [6, 6.07) is -0.0948. The lowest BCUT2D eigenvalue weighted by atomic mass is 9.83. The number of carbonyl (C=O) groups is 2. The van der Waals surface area contributed by atoms with E-state index < -0.39 is 0 Å². The molecule has 1 N–H and O–H groups in total. The molecule has 1 aliphatic heterocycles. The fourth-order valence-corrected chi connectivity index (χ4v) is 2.89. The first kappa shape index (κ1) is 13.4. The lowest BCUT2D eigenvalue weighted by molar-refractivity contribution is -0.133. The normalized spacial score (nSPS) is 27.3. The Kier molecular flexibility index (Phi) is 3.64. The van der Waals surface area contributed by atoms with Crippen LogP contribution in [0.15, 0.2) is 0 Å². The molecule has 1 saturated carbocycles. The summed E-state index contributed by atoms with van der Waals surface area (Å²) in [5.41, 5.74) is -0.0655. The first-order chi connectivity index (χ1) is 8.39. The van der Waals surface area contributed by atoms with E-state index in [4.69, 9.17) is 0 Å². The topological polar surface area (TPSA) is 49.4 Å². The van der Waals surface area contributed by atoms with Crippen LogP contribution >= 0.6 is 0 Å². The first-order valence-corrected chi connectivity index (χ1v) is 7.02. The van der Waals surface area contributed by atoms with Crippen molar-refractivity contribution in [2.45, 2.75) is 71.4 Å². The molecule has 3 amide bonds. The minimum atomic E-state index is -0.182. The van der Waals surface area contributed by atoms with Crippen molar-refractivity contribution >= 4 is 11.9 Å². The SMILES string of the molecule is CC(C)(C)C1CC(=O)N(C2CCCCC2)C(=O)N1. The Morgan fingerprint density at radius 3 is 2.22 bits per heavy atom. The second-order valence-corrected chi connectivity index (χ2v) is 6.63. The number of urea groups is 1. The third-order valence-corrected chi connectivity index (χ3v) is 4.15. The zero-order valence-corrected chi connectivity index (χ0v) is 11.7. The number of nitrogens with one attached hydrogen (secondary N) is 1. The van der Waals surface area contributed by atoms with Gasteiger partial charge in [0.05, 0.1) is 0 Å². The van der Waals surface area contributed by atoms with Crippen LogP contribution in [0.25, 0.3) is 0 Å². The van der Waals surface area contributed by atoms with Gasteiger partial charge in [0.15, 0.2) is 0 Å². The van der Waals surface area contributed by atoms with Gasteiger partial charge in [-0.15, -0.1) is 0 Å². The maximum Gasteiger partial charge on any atom is 0.324 e. The molecule has 1 atom stereocenters. The van der Waals surface area contributed by atoms with Crippen LogP contribution in [0.4, 0.5) is 4.79 Å². The first-order valence-electron chi connectivity index (χ1n) is 7.02. The molecule has 0 aromatic carbocycles. The monoisotopic (exact) mass is 252 g/mol. The molecular formula is C14H24N2O2. The lowest BCUT2D eigenvalue weighted by Gasteiger charge is -2.41. The Balaban J connectivity index is 2.07. The minimum absolute atomic E-state index is 0.00516. The second kappa shape index (κ2) is 4.90. The fraction of sp³-hybridized carbons (Fsp3) is 0.857. The van der Waals surface area contributed by atoms with Crippen molar-refractivity contribution in [1.82, 2.24) is 10.2 Å². The van der Waals surface area contributed by atoms with Crippen LogP contribution in [-0.4, -0.2) is 28.9 Å². The molecule has 18 heavy (non-hydrogen) atoms. The highest BCUT2D eigenvalue weighted by Gasteiger charge is 2.40. The Bertz CT molecular complexity index is 322. The van der Waals surface area contributed by atoms with Crippen molar-refractivity contribution in [3.63, 3.8) is 0 Å². The fourth-order valence-electron chi connectivity index (χ4n) is 2.89. The highest BCUT2D eigenvalue weighted by atomic mass is 16.2. The summed E-state index contributed by atoms with van der Waals surface area (Å²) in [5, 5.41) is 3.00. The Morgan fingerprint density at radius 1 is 1.11 bits per heavy atom. The van der Waals surface area contributed by atoms with Crippen LogP contribution in [-0.2, 0) is 4.79 Å². The molecule has 4 nitrogen and oxygen atoms in total. The summed E-state index contributed by atoms with van der Waals surface area (Å²) < 4.78 is 0. The van der Waals surface area contributed by atoms with Crippen LogP contribution in [0, 0.1) is 5.41 Å². The summed E-state index contributed by atoms with van der Waals surface area (Å²) >= 11 is 0. The molecule has 2 fully saturated rings. The van der Waals surface area contributed by atoms with Crippen molar-refractivity contribution in [3.8, 4) is 0 Å². The van der Waals surface area contributed by atoms with E-state index in [0.717, 1.165) is 25.7 Å². The summed E-state index contributed by atoms with van der Waals surface area (Å²) in [6.45, 7) is 6.17. The van der Waals surface area contributed by atoms with Crippen LogP contribution < -0.4 is 5.32 Å². The largest absolute Gasteiger partial charge is 0.334 e. The van der Waals surface area contributed by atoms with Gasteiger partial charge < -0.3 is 5.32 Å². The molecule has 102 valence electrons. The number of carbonyl (C=O) groups excluding carboxylic acids is 2. The highest BCUT2D eigenvalue weighted by molar-refractivity contribution is 5.97. The molecule has 4 heteroatoms. The number of amides is 3. The summed E-state index contributed by atoms with van der Waals surface area (Å²) in [6.07, 6.45) is 5.87. The van der Waals surface area contributed by atoms with Crippen molar-refractivity contribution in [1.29, 1.82) is 0 Å². The Labute approximate surface area is 109 Å². The quantitative estimate of drug-likeness (QED) is 0.780. The number of imide groups is 1. The van der Waals surface area contributed by atoms with Gasteiger partial charge >= 0.3 is 6.03 Å². The summed E-state index contributed by atoms with van der Waals surface area (Å²) in [4.78, 5) is 25.9. The predicted molar refractivity (Wildman–Crippen MR) is 70.1 cm³/mol. The van der Waals surface area contributed by atoms with Crippen molar-refractivity contribution in [3.05, 3.63) is 0 Å². The average Bonchev–Trinajstić information content (AvgIpc) is 2.28.